The summed E-state index contributed by atoms with van der Waals surface area (Å²) in [6.07, 6.45) is 8.27. The third kappa shape index (κ3) is 3.42. The molecule has 28 heavy (non-hydrogen) atoms. The zero-order valence-corrected chi connectivity index (χ0v) is 15.2. The Hall–Kier alpha value is -3.73. The van der Waals surface area contributed by atoms with Crippen LogP contribution in [0.2, 0.25) is 0 Å². The van der Waals surface area contributed by atoms with Gasteiger partial charge in [-0.15, -0.1) is 0 Å². The molecule has 1 aliphatic heterocycles. The summed E-state index contributed by atoms with van der Waals surface area (Å²) in [7, 11) is 0. The molecule has 3 aromatic heterocycles. The van der Waals surface area contributed by atoms with Crippen LogP contribution in [0.3, 0.4) is 0 Å². The van der Waals surface area contributed by atoms with Crippen molar-refractivity contribution in [2.24, 2.45) is 0 Å². The van der Waals surface area contributed by atoms with Crippen molar-refractivity contribution in [1.29, 1.82) is 5.26 Å². The summed E-state index contributed by atoms with van der Waals surface area (Å²) in [6, 6.07) is 5.79. The first-order valence-electron chi connectivity index (χ1n) is 9.06. The second kappa shape index (κ2) is 7.48. The van der Waals surface area contributed by atoms with Crippen LogP contribution in [0.15, 0.2) is 43.4 Å². The molecule has 4 heterocycles. The molecule has 1 saturated heterocycles. The fourth-order valence-corrected chi connectivity index (χ4v) is 3.38. The zero-order chi connectivity index (χ0) is 19.5. The monoisotopic (exact) mass is 373 g/mol. The predicted molar refractivity (Wildman–Crippen MR) is 105 cm³/mol. The SMILES string of the molecule is C=CC(=O)N1CCC(Nc2cnc3[nH]cc(-c4ccc(C#N)nc4)c3n2)CC1. The highest BCUT2D eigenvalue weighted by atomic mass is 16.2. The zero-order valence-electron chi connectivity index (χ0n) is 15.2. The number of nitrogens with zero attached hydrogens (tertiary/aromatic N) is 5. The Kier molecular flexibility index (Phi) is 4.72. The molecular formula is C20H19N7O. The van der Waals surface area contributed by atoms with Gasteiger partial charge in [-0.05, 0) is 31.1 Å². The molecule has 0 radical (unpaired) electrons. The smallest absolute Gasteiger partial charge is 0.245 e. The topological polar surface area (TPSA) is 111 Å². The minimum Gasteiger partial charge on any atom is -0.366 e. The summed E-state index contributed by atoms with van der Waals surface area (Å²) >= 11 is 0. The van der Waals surface area contributed by atoms with E-state index in [0.717, 1.165) is 29.5 Å². The third-order valence-corrected chi connectivity index (χ3v) is 4.90. The molecule has 8 heteroatoms. The lowest BCUT2D eigenvalue weighted by molar-refractivity contribution is -0.126. The Morgan fingerprint density at radius 3 is 2.82 bits per heavy atom. The molecule has 0 bridgehead atoms. The first-order chi connectivity index (χ1) is 13.7. The standard InChI is InChI=1S/C20H19N7O/c1-2-18(28)27-7-5-14(6-8-27)25-17-12-24-20-19(26-17)16(11-23-20)13-3-4-15(9-21)22-10-13/h2-4,10-12,14H,1,5-8H2,(H,23,24)(H,25,26). The van der Waals surface area contributed by atoms with Crippen LogP contribution < -0.4 is 5.32 Å². The van der Waals surface area contributed by atoms with Crippen LogP contribution in [0.4, 0.5) is 5.82 Å². The molecule has 1 amide bonds. The van der Waals surface area contributed by atoms with Gasteiger partial charge in [0.1, 0.15) is 23.1 Å². The molecule has 0 aliphatic carbocycles. The second-order valence-corrected chi connectivity index (χ2v) is 6.65. The van der Waals surface area contributed by atoms with Crippen LogP contribution >= 0.6 is 0 Å². The average Bonchev–Trinajstić information content (AvgIpc) is 3.17. The van der Waals surface area contributed by atoms with Crippen molar-refractivity contribution in [1.82, 2.24) is 24.8 Å². The average molecular weight is 373 g/mol. The number of hydrogen-bond acceptors (Lipinski definition) is 6. The van der Waals surface area contributed by atoms with Crippen molar-refractivity contribution in [3.63, 3.8) is 0 Å². The van der Waals surface area contributed by atoms with Crippen LogP contribution in [0.25, 0.3) is 22.3 Å². The fraction of sp³-hybridized carbons (Fsp3) is 0.250. The fourth-order valence-electron chi connectivity index (χ4n) is 3.38. The first kappa shape index (κ1) is 17.7. The number of fused-ring (bicyclic) bond motifs is 1. The number of carbonyl (C=O) groups is 1. The summed E-state index contributed by atoms with van der Waals surface area (Å²) in [5.74, 6) is 0.677. The Labute approximate surface area is 161 Å². The van der Waals surface area contributed by atoms with Crippen molar-refractivity contribution in [3.05, 3.63) is 49.1 Å². The maximum absolute atomic E-state index is 11.7. The number of amides is 1. The third-order valence-electron chi connectivity index (χ3n) is 4.90. The van der Waals surface area contributed by atoms with Gasteiger partial charge in [0.25, 0.3) is 0 Å². The molecule has 0 atom stereocenters. The predicted octanol–water partition coefficient (Wildman–Crippen LogP) is 2.48. The van der Waals surface area contributed by atoms with Crippen LogP contribution in [-0.4, -0.2) is 49.9 Å². The van der Waals surface area contributed by atoms with Crippen molar-refractivity contribution in [2.75, 3.05) is 18.4 Å². The molecule has 140 valence electrons. The molecule has 0 aromatic carbocycles. The van der Waals surface area contributed by atoms with Crippen LogP contribution in [0.5, 0.6) is 0 Å². The normalized spacial score (nSPS) is 14.6. The van der Waals surface area contributed by atoms with Gasteiger partial charge in [-0.3, -0.25) is 4.79 Å². The Morgan fingerprint density at radius 1 is 1.32 bits per heavy atom. The van der Waals surface area contributed by atoms with E-state index in [2.05, 4.69) is 26.8 Å². The number of likely N-dealkylation sites (tertiary alicyclic amines) is 1. The molecule has 2 N–H and O–H groups in total. The van der Waals surface area contributed by atoms with Crippen molar-refractivity contribution in [3.8, 4) is 17.2 Å². The lowest BCUT2D eigenvalue weighted by Gasteiger charge is -2.31. The summed E-state index contributed by atoms with van der Waals surface area (Å²) in [5.41, 5.74) is 3.56. The number of aromatic amines is 1. The molecule has 3 aromatic rings. The molecule has 8 nitrogen and oxygen atoms in total. The molecule has 1 aliphatic rings. The lowest BCUT2D eigenvalue weighted by Crippen LogP contribution is -2.41. The van der Waals surface area contributed by atoms with E-state index < -0.39 is 0 Å². The number of nitriles is 1. The van der Waals surface area contributed by atoms with E-state index in [-0.39, 0.29) is 11.9 Å². The Morgan fingerprint density at radius 2 is 2.14 bits per heavy atom. The lowest BCUT2D eigenvalue weighted by atomic mass is 10.1. The summed E-state index contributed by atoms with van der Waals surface area (Å²) in [4.78, 5) is 29.9. The quantitative estimate of drug-likeness (QED) is 0.680. The highest BCUT2D eigenvalue weighted by molar-refractivity contribution is 5.91. The summed E-state index contributed by atoms with van der Waals surface area (Å²) in [5, 5.41) is 12.3. The van der Waals surface area contributed by atoms with Gasteiger partial charge in [0.15, 0.2) is 5.65 Å². The number of anilines is 1. The number of rotatable bonds is 4. The molecule has 4 rings (SSSR count). The van der Waals surface area contributed by atoms with E-state index in [9.17, 15) is 4.79 Å². The van der Waals surface area contributed by atoms with Gasteiger partial charge in [-0.25, -0.2) is 15.0 Å². The van der Waals surface area contributed by atoms with Gasteiger partial charge < -0.3 is 15.2 Å². The highest BCUT2D eigenvalue weighted by Gasteiger charge is 2.22. The van der Waals surface area contributed by atoms with Crippen molar-refractivity contribution >= 4 is 22.9 Å². The van der Waals surface area contributed by atoms with Crippen LogP contribution in [0, 0.1) is 11.3 Å². The van der Waals surface area contributed by atoms with E-state index in [4.69, 9.17) is 10.2 Å². The minimum atomic E-state index is -0.0207. The number of carbonyl (C=O) groups excluding carboxylic acids is 1. The number of hydrogen-bond donors (Lipinski definition) is 2. The van der Waals surface area contributed by atoms with E-state index in [1.807, 2.05) is 23.2 Å². The molecule has 1 fully saturated rings. The van der Waals surface area contributed by atoms with E-state index >= 15 is 0 Å². The van der Waals surface area contributed by atoms with Crippen molar-refractivity contribution in [2.45, 2.75) is 18.9 Å². The number of H-pyrrole nitrogens is 1. The van der Waals surface area contributed by atoms with Crippen LogP contribution in [0.1, 0.15) is 18.5 Å². The van der Waals surface area contributed by atoms with E-state index in [0.29, 0.717) is 30.2 Å². The second-order valence-electron chi connectivity index (χ2n) is 6.65. The van der Waals surface area contributed by atoms with Gasteiger partial charge in [-0.2, -0.15) is 5.26 Å². The van der Waals surface area contributed by atoms with Crippen LogP contribution in [-0.2, 0) is 4.79 Å². The van der Waals surface area contributed by atoms with Gasteiger partial charge in [0.05, 0.1) is 6.20 Å². The number of pyridine rings is 1. The maximum Gasteiger partial charge on any atom is 0.245 e. The van der Waals surface area contributed by atoms with Gasteiger partial charge >= 0.3 is 0 Å². The van der Waals surface area contributed by atoms with Crippen molar-refractivity contribution < 1.29 is 4.79 Å². The van der Waals surface area contributed by atoms with Gasteiger partial charge in [0.2, 0.25) is 5.91 Å². The van der Waals surface area contributed by atoms with Gasteiger partial charge in [-0.1, -0.05) is 6.58 Å². The number of aromatic nitrogens is 4. The molecular weight excluding hydrogens is 354 g/mol. The van der Waals surface area contributed by atoms with Gasteiger partial charge in [0, 0.05) is 42.7 Å². The van der Waals surface area contributed by atoms with E-state index in [1.165, 1.54) is 6.08 Å². The Balaban J connectivity index is 1.52. The van der Waals surface area contributed by atoms with E-state index in [1.54, 1.807) is 18.5 Å². The molecule has 0 spiro atoms. The number of nitrogens with one attached hydrogen (secondary N) is 2. The first-order valence-corrected chi connectivity index (χ1v) is 9.06. The largest absolute Gasteiger partial charge is 0.366 e. The minimum absolute atomic E-state index is 0.0207. The summed E-state index contributed by atoms with van der Waals surface area (Å²) < 4.78 is 0. The summed E-state index contributed by atoms with van der Waals surface area (Å²) in [6.45, 7) is 4.94. The maximum atomic E-state index is 11.7. The Bertz CT molecular complexity index is 1060. The highest BCUT2D eigenvalue weighted by Crippen LogP contribution is 2.27. The molecule has 0 saturated carbocycles. The number of piperidine rings is 1. The molecule has 0 unspecified atom stereocenters.